The minimum atomic E-state index is -2.92. The van der Waals surface area contributed by atoms with Crippen LogP contribution in [0.5, 0.6) is 0 Å². The fourth-order valence-electron chi connectivity index (χ4n) is 3.22. The van der Waals surface area contributed by atoms with Crippen LogP contribution in [-0.2, 0) is 9.84 Å². The van der Waals surface area contributed by atoms with E-state index in [0.717, 1.165) is 5.92 Å². The van der Waals surface area contributed by atoms with Gasteiger partial charge in [0, 0.05) is 17.5 Å². The lowest BCUT2D eigenvalue weighted by atomic mass is 9.95. The summed E-state index contributed by atoms with van der Waals surface area (Å²) >= 11 is 0. The lowest BCUT2D eigenvalue weighted by Gasteiger charge is -2.20. The maximum atomic E-state index is 11.4. The minimum Gasteiger partial charge on any atom is -0.307 e. The van der Waals surface area contributed by atoms with E-state index in [4.69, 9.17) is 0 Å². The van der Waals surface area contributed by atoms with Crippen molar-refractivity contribution in [3.8, 4) is 0 Å². The molecule has 18 heavy (non-hydrogen) atoms. The van der Waals surface area contributed by atoms with Crippen molar-refractivity contribution in [2.24, 2.45) is 5.92 Å². The maximum absolute atomic E-state index is 11.4. The molecule has 0 spiro atoms. The average molecular weight is 271 g/mol. The zero-order chi connectivity index (χ0) is 13.0. The van der Waals surface area contributed by atoms with Crippen LogP contribution in [0.25, 0.3) is 0 Å². The Labute approximate surface area is 111 Å². The summed E-state index contributed by atoms with van der Waals surface area (Å²) < 4.78 is 22.7. The predicted molar refractivity (Wildman–Crippen MR) is 75.1 cm³/mol. The summed E-state index contributed by atoms with van der Waals surface area (Å²) in [5, 5.41) is 4.87. The first-order chi connectivity index (χ1) is 8.59. The summed E-state index contributed by atoms with van der Waals surface area (Å²) in [7, 11) is -2.92. The van der Waals surface area contributed by atoms with Crippen LogP contribution in [0, 0.1) is 5.92 Å². The molecule has 0 aromatic carbocycles. The van der Waals surface area contributed by atoms with Gasteiger partial charge in [-0.15, -0.1) is 0 Å². The molecule has 1 heterocycles. The van der Waals surface area contributed by atoms with E-state index in [1.165, 1.54) is 50.4 Å². The molecule has 1 aliphatic carbocycles. The Morgan fingerprint density at radius 2 is 2.06 bits per heavy atom. The Morgan fingerprint density at radius 1 is 1.22 bits per heavy atom. The molecule has 4 heteroatoms. The topological polar surface area (TPSA) is 46.2 Å². The third kappa shape index (κ3) is 4.09. The summed E-state index contributed by atoms with van der Waals surface area (Å²) in [4.78, 5) is 0. The molecule has 1 saturated carbocycles. The van der Waals surface area contributed by atoms with Crippen molar-refractivity contribution in [2.45, 2.75) is 64.0 Å². The standard InChI is InChI=1S/C14H25NO2S/c1-2-4-12-5-3-6-13(8-7-12)15-14-9-10-18(16,17)11-14/h9-10,12-15H,2-8,11H2,1H3. The highest BCUT2D eigenvalue weighted by Gasteiger charge is 2.25. The van der Waals surface area contributed by atoms with Gasteiger partial charge in [-0.3, -0.25) is 0 Å². The van der Waals surface area contributed by atoms with Gasteiger partial charge in [0.1, 0.15) is 0 Å². The van der Waals surface area contributed by atoms with Gasteiger partial charge in [0.25, 0.3) is 0 Å². The monoisotopic (exact) mass is 271 g/mol. The van der Waals surface area contributed by atoms with E-state index in [0.29, 0.717) is 6.04 Å². The number of rotatable bonds is 4. The van der Waals surface area contributed by atoms with Crippen molar-refractivity contribution in [2.75, 3.05) is 5.75 Å². The predicted octanol–water partition coefficient (Wildman–Crippen LogP) is 2.64. The second kappa shape index (κ2) is 6.20. The Hall–Kier alpha value is -0.350. The van der Waals surface area contributed by atoms with Crippen LogP contribution >= 0.6 is 0 Å². The molecule has 0 saturated heterocycles. The van der Waals surface area contributed by atoms with Gasteiger partial charge in [-0.1, -0.05) is 38.7 Å². The van der Waals surface area contributed by atoms with E-state index in [-0.39, 0.29) is 11.8 Å². The SMILES string of the molecule is CCCC1CCCC(NC2C=CS(=O)(=O)C2)CC1. The zero-order valence-corrected chi connectivity index (χ0v) is 12.1. The maximum Gasteiger partial charge on any atom is 0.173 e. The van der Waals surface area contributed by atoms with Crippen LogP contribution in [-0.4, -0.2) is 26.3 Å². The second-order valence-corrected chi connectivity index (χ2v) is 7.72. The van der Waals surface area contributed by atoms with Crippen molar-refractivity contribution in [1.82, 2.24) is 5.32 Å². The van der Waals surface area contributed by atoms with Gasteiger partial charge >= 0.3 is 0 Å². The van der Waals surface area contributed by atoms with Crippen LogP contribution in [0.1, 0.15) is 51.9 Å². The molecule has 3 unspecified atom stereocenters. The second-order valence-electron chi connectivity index (χ2n) is 5.79. The molecule has 3 atom stereocenters. The van der Waals surface area contributed by atoms with Gasteiger partial charge in [-0.2, -0.15) is 0 Å². The summed E-state index contributed by atoms with van der Waals surface area (Å²) in [5.74, 6) is 1.15. The van der Waals surface area contributed by atoms with Gasteiger partial charge in [0.15, 0.2) is 9.84 Å². The van der Waals surface area contributed by atoms with Crippen LogP contribution in [0.2, 0.25) is 0 Å². The number of hydrogen-bond acceptors (Lipinski definition) is 3. The van der Waals surface area contributed by atoms with Crippen molar-refractivity contribution < 1.29 is 8.42 Å². The summed E-state index contributed by atoms with van der Waals surface area (Å²) in [5.41, 5.74) is 0. The highest BCUT2D eigenvalue weighted by molar-refractivity contribution is 7.94. The van der Waals surface area contributed by atoms with Gasteiger partial charge in [-0.25, -0.2) is 8.42 Å². The largest absolute Gasteiger partial charge is 0.307 e. The highest BCUT2D eigenvalue weighted by Crippen LogP contribution is 2.27. The fraction of sp³-hybridized carbons (Fsp3) is 0.857. The van der Waals surface area contributed by atoms with Gasteiger partial charge in [0.2, 0.25) is 0 Å². The number of sulfone groups is 1. The van der Waals surface area contributed by atoms with Gasteiger partial charge < -0.3 is 5.32 Å². The van der Waals surface area contributed by atoms with Crippen molar-refractivity contribution in [1.29, 1.82) is 0 Å². The average Bonchev–Trinajstić information content (AvgIpc) is 2.51. The molecule has 0 bridgehead atoms. The molecule has 1 fully saturated rings. The van der Waals surface area contributed by atoms with Crippen LogP contribution in [0.3, 0.4) is 0 Å². The smallest absolute Gasteiger partial charge is 0.173 e. The Kier molecular flexibility index (Phi) is 4.84. The molecule has 0 amide bonds. The highest BCUT2D eigenvalue weighted by atomic mass is 32.2. The Morgan fingerprint density at radius 3 is 2.72 bits per heavy atom. The van der Waals surface area contributed by atoms with E-state index in [2.05, 4.69) is 12.2 Å². The summed E-state index contributed by atoms with van der Waals surface area (Å²) in [6, 6.07) is 0.553. The molecule has 104 valence electrons. The first-order valence-corrected chi connectivity index (χ1v) is 8.97. The van der Waals surface area contributed by atoms with Crippen LogP contribution in [0.15, 0.2) is 11.5 Å². The molecule has 2 rings (SSSR count). The summed E-state index contributed by atoms with van der Waals surface area (Å²) in [6.07, 6.45) is 10.8. The van der Waals surface area contributed by atoms with Gasteiger partial charge in [-0.05, 0) is 25.2 Å². The van der Waals surface area contributed by atoms with Gasteiger partial charge in [0.05, 0.1) is 5.75 Å². The Bertz CT molecular complexity index is 389. The van der Waals surface area contributed by atoms with E-state index >= 15 is 0 Å². The molecular formula is C14H25NO2S. The number of hydrogen-bond donors (Lipinski definition) is 1. The van der Waals surface area contributed by atoms with E-state index in [1.54, 1.807) is 0 Å². The lowest BCUT2D eigenvalue weighted by molar-refractivity contribution is 0.405. The van der Waals surface area contributed by atoms with E-state index in [9.17, 15) is 8.42 Å². The molecule has 1 aliphatic heterocycles. The lowest BCUT2D eigenvalue weighted by Crippen LogP contribution is -2.38. The van der Waals surface area contributed by atoms with Crippen molar-refractivity contribution >= 4 is 9.84 Å². The van der Waals surface area contributed by atoms with Crippen molar-refractivity contribution in [3.63, 3.8) is 0 Å². The normalized spacial score (nSPS) is 35.5. The first kappa shape index (κ1) is 14.1. The third-order valence-electron chi connectivity index (χ3n) is 4.17. The van der Waals surface area contributed by atoms with Crippen LogP contribution in [0.4, 0.5) is 0 Å². The molecule has 0 aromatic rings. The van der Waals surface area contributed by atoms with E-state index in [1.807, 2.05) is 6.08 Å². The Balaban J connectivity index is 1.79. The first-order valence-electron chi connectivity index (χ1n) is 7.26. The minimum absolute atomic E-state index is 0.0442. The third-order valence-corrected chi connectivity index (χ3v) is 5.56. The fourth-order valence-corrected chi connectivity index (χ4v) is 4.47. The quantitative estimate of drug-likeness (QED) is 0.800. The molecule has 1 N–H and O–H groups in total. The van der Waals surface area contributed by atoms with Crippen molar-refractivity contribution in [3.05, 3.63) is 11.5 Å². The molecule has 0 aromatic heterocycles. The molecular weight excluding hydrogens is 246 g/mol. The summed E-state index contributed by atoms with van der Waals surface area (Å²) in [6.45, 7) is 2.26. The molecule has 2 aliphatic rings. The van der Waals surface area contributed by atoms with E-state index < -0.39 is 9.84 Å². The number of nitrogens with one attached hydrogen (secondary N) is 1. The zero-order valence-electron chi connectivity index (χ0n) is 11.3. The van der Waals surface area contributed by atoms with Crippen LogP contribution < -0.4 is 5.32 Å². The molecule has 3 nitrogen and oxygen atoms in total. The molecule has 0 radical (unpaired) electrons.